The van der Waals surface area contributed by atoms with Crippen molar-refractivity contribution < 1.29 is 19.4 Å². The van der Waals surface area contributed by atoms with E-state index in [1.54, 1.807) is 0 Å². The summed E-state index contributed by atoms with van der Waals surface area (Å²) < 4.78 is 11.1. The second-order valence-electron chi connectivity index (χ2n) is 14.0. The minimum absolute atomic E-state index is 0.189. The fraction of sp³-hybridized carbons (Fsp3) is 0.723. The molecule has 0 aromatic carbocycles. The molecule has 0 amide bonds. The van der Waals surface area contributed by atoms with Crippen LogP contribution in [0.1, 0.15) is 194 Å². The lowest BCUT2D eigenvalue weighted by atomic mass is 10.1. The highest BCUT2D eigenvalue weighted by Crippen LogP contribution is 2.13. The number of carbonyl (C=O) groups excluding carboxylic acids is 1. The number of carbonyl (C=O) groups is 1. The molecule has 0 saturated heterocycles. The molecule has 0 aromatic rings. The first-order valence-electron chi connectivity index (χ1n) is 21.5. The van der Waals surface area contributed by atoms with Crippen molar-refractivity contribution in [3.63, 3.8) is 0 Å². The van der Waals surface area contributed by atoms with Gasteiger partial charge in [0.2, 0.25) is 0 Å². The fourth-order valence-electron chi connectivity index (χ4n) is 5.82. The summed E-state index contributed by atoms with van der Waals surface area (Å²) in [6.45, 7) is 5.19. The van der Waals surface area contributed by atoms with Crippen LogP contribution in [0.4, 0.5) is 0 Å². The van der Waals surface area contributed by atoms with Gasteiger partial charge in [0.15, 0.2) is 0 Å². The van der Waals surface area contributed by atoms with Crippen LogP contribution in [0.25, 0.3) is 0 Å². The Hall–Kier alpha value is -2.17. The van der Waals surface area contributed by atoms with Gasteiger partial charge in [-0.15, -0.1) is 0 Å². The third kappa shape index (κ3) is 42.1. The van der Waals surface area contributed by atoms with Crippen molar-refractivity contribution in [2.24, 2.45) is 0 Å². The highest BCUT2D eigenvalue weighted by Gasteiger charge is 2.13. The number of hydrogen-bond acceptors (Lipinski definition) is 4. The van der Waals surface area contributed by atoms with Crippen LogP contribution in [-0.2, 0) is 14.3 Å². The zero-order valence-corrected chi connectivity index (χ0v) is 33.6. The first-order chi connectivity index (χ1) is 25.2. The number of ether oxygens (including phenoxy) is 2. The Bertz CT molecular complexity index is 881. The molecular formula is C47H82O4. The van der Waals surface area contributed by atoms with Crippen molar-refractivity contribution in [1.82, 2.24) is 0 Å². The lowest BCUT2D eigenvalue weighted by Gasteiger charge is -2.15. The molecule has 0 aliphatic heterocycles. The van der Waals surface area contributed by atoms with Gasteiger partial charge < -0.3 is 14.6 Å². The second-order valence-corrected chi connectivity index (χ2v) is 14.0. The predicted octanol–water partition coefficient (Wildman–Crippen LogP) is 14.2. The van der Waals surface area contributed by atoms with Crippen LogP contribution < -0.4 is 0 Å². The van der Waals surface area contributed by atoms with E-state index >= 15 is 0 Å². The summed E-state index contributed by atoms with van der Waals surface area (Å²) in [5.74, 6) is -0.233. The van der Waals surface area contributed by atoms with Crippen molar-refractivity contribution in [3.8, 4) is 0 Å². The Labute approximate surface area is 317 Å². The maximum atomic E-state index is 12.2. The molecule has 294 valence electrons. The molecule has 0 bridgehead atoms. The Morgan fingerprint density at radius 1 is 0.490 bits per heavy atom. The van der Waals surface area contributed by atoms with Gasteiger partial charge in [-0.05, 0) is 83.5 Å². The number of hydrogen-bond donors (Lipinski definition) is 1. The van der Waals surface area contributed by atoms with Crippen molar-refractivity contribution in [1.29, 1.82) is 0 Å². The number of rotatable bonds is 39. The summed E-state index contributed by atoms with van der Waals surface area (Å²) >= 11 is 0. The monoisotopic (exact) mass is 711 g/mol. The molecule has 51 heavy (non-hydrogen) atoms. The molecule has 0 heterocycles. The first-order valence-corrected chi connectivity index (χ1v) is 21.5. The summed E-state index contributed by atoms with van der Waals surface area (Å²) in [5, 5.41) is 9.60. The molecule has 0 rings (SSSR count). The SMILES string of the molecule is CC/C=C\C/C=C\C/C=C\C/C=C\C/C=C\CCCCCC(=O)OC(CO)COCCCCCCCCCCCC/C=C\CCCCCCCC. The van der Waals surface area contributed by atoms with Gasteiger partial charge in [-0.2, -0.15) is 0 Å². The van der Waals surface area contributed by atoms with Crippen LogP contribution in [0.3, 0.4) is 0 Å². The van der Waals surface area contributed by atoms with E-state index in [1.807, 2.05) is 0 Å². The van der Waals surface area contributed by atoms with Crippen molar-refractivity contribution in [2.75, 3.05) is 19.8 Å². The third-order valence-corrected chi connectivity index (χ3v) is 9.02. The minimum Gasteiger partial charge on any atom is -0.457 e. The van der Waals surface area contributed by atoms with Gasteiger partial charge in [0.1, 0.15) is 6.10 Å². The number of aliphatic hydroxyl groups is 1. The fourth-order valence-corrected chi connectivity index (χ4v) is 5.82. The molecule has 0 aliphatic carbocycles. The maximum absolute atomic E-state index is 12.2. The molecule has 4 heteroatoms. The molecule has 0 fully saturated rings. The molecule has 0 spiro atoms. The van der Waals surface area contributed by atoms with E-state index in [-0.39, 0.29) is 19.2 Å². The molecule has 4 nitrogen and oxygen atoms in total. The zero-order chi connectivity index (χ0) is 37.0. The third-order valence-electron chi connectivity index (χ3n) is 9.02. The van der Waals surface area contributed by atoms with Gasteiger partial charge in [-0.25, -0.2) is 0 Å². The summed E-state index contributed by atoms with van der Waals surface area (Å²) in [6.07, 6.45) is 59.6. The van der Waals surface area contributed by atoms with Gasteiger partial charge in [-0.1, -0.05) is 177 Å². The van der Waals surface area contributed by atoms with Crippen molar-refractivity contribution in [3.05, 3.63) is 72.9 Å². The van der Waals surface area contributed by atoms with Crippen molar-refractivity contribution >= 4 is 5.97 Å². The van der Waals surface area contributed by atoms with Gasteiger partial charge in [-0.3, -0.25) is 4.79 Å². The maximum Gasteiger partial charge on any atom is 0.306 e. The van der Waals surface area contributed by atoms with Crippen LogP contribution in [0, 0.1) is 0 Å². The summed E-state index contributed by atoms with van der Waals surface area (Å²) in [7, 11) is 0. The molecule has 0 aromatic heterocycles. The molecular weight excluding hydrogens is 629 g/mol. The largest absolute Gasteiger partial charge is 0.457 e. The Morgan fingerprint density at radius 3 is 1.35 bits per heavy atom. The Morgan fingerprint density at radius 2 is 0.882 bits per heavy atom. The van der Waals surface area contributed by atoms with E-state index in [9.17, 15) is 9.90 Å². The van der Waals surface area contributed by atoms with E-state index < -0.39 is 6.10 Å². The van der Waals surface area contributed by atoms with Gasteiger partial charge in [0.25, 0.3) is 0 Å². The van der Waals surface area contributed by atoms with E-state index in [2.05, 4.69) is 86.8 Å². The Balaban J connectivity index is 3.51. The molecule has 0 aliphatic rings. The first kappa shape index (κ1) is 48.8. The smallest absolute Gasteiger partial charge is 0.306 e. The van der Waals surface area contributed by atoms with Crippen LogP contribution in [0.15, 0.2) is 72.9 Å². The highest BCUT2D eigenvalue weighted by molar-refractivity contribution is 5.69. The number of aliphatic hydroxyl groups excluding tert-OH is 1. The van der Waals surface area contributed by atoms with Gasteiger partial charge in [0.05, 0.1) is 13.2 Å². The molecule has 0 radical (unpaired) electrons. The summed E-state index contributed by atoms with van der Waals surface area (Å²) in [5.41, 5.74) is 0. The topological polar surface area (TPSA) is 55.8 Å². The van der Waals surface area contributed by atoms with Crippen LogP contribution in [0.2, 0.25) is 0 Å². The second kappa shape index (κ2) is 44.0. The van der Waals surface area contributed by atoms with E-state index in [0.29, 0.717) is 13.0 Å². The van der Waals surface area contributed by atoms with Crippen LogP contribution >= 0.6 is 0 Å². The van der Waals surface area contributed by atoms with Crippen LogP contribution in [0.5, 0.6) is 0 Å². The van der Waals surface area contributed by atoms with Crippen molar-refractivity contribution in [2.45, 2.75) is 200 Å². The Kier molecular flexibility index (Phi) is 42.1. The molecule has 1 N–H and O–H groups in total. The summed E-state index contributed by atoms with van der Waals surface area (Å²) in [4.78, 5) is 12.2. The van der Waals surface area contributed by atoms with E-state index in [0.717, 1.165) is 64.2 Å². The average Bonchev–Trinajstić information content (AvgIpc) is 3.14. The lowest BCUT2D eigenvalue weighted by molar-refractivity contribution is -0.154. The van der Waals surface area contributed by atoms with Gasteiger partial charge in [0, 0.05) is 13.0 Å². The predicted molar refractivity (Wildman–Crippen MR) is 223 cm³/mol. The number of esters is 1. The molecule has 1 unspecified atom stereocenters. The molecule has 0 saturated carbocycles. The lowest BCUT2D eigenvalue weighted by Crippen LogP contribution is -2.27. The quantitative estimate of drug-likeness (QED) is 0.0392. The average molecular weight is 711 g/mol. The minimum atomic E-state index is -0.556. The summed E-state index contributed by atoms with van der Waals surface area (Å²) in [6, 6.07) is 0. The van der Waals surface area contributed by atoms with Gasteiger partial charge >= 0.3 is 5.97 Å². The standard InChI is InChI=1S/C47H82O4/c1-3-5-7-9-11-13-15-17-19-21-23-25-27-29-31-33-35-37-39-41-43-50-45-46(44-48)51-47(49)42-40-38-36-34-32-30-28-26-24-22-20-18-16-14-12-10-8-6-4-2/h6,8,12,14,17-20,24,26,30,32,46,48H,3-5,7,9-11,13,15-16,21-23,25,27-29,31,33-45H2,1-2H3/b8-6-,14-12-,19-17-,20-18-,26-24-,32-30-. The highest BCUT2D eigenvalue weighted by atomic mass is 16.6. The zero-order valence-electron chi connectivity index (χ0n) is 33.6. The normalized spacial score (nSPS) is 13.1. The number of unbranched alkanes of at least 4 members (excludes halogenated alkanes) is 19. The molecule has 1 atom stereocenters. The van der Waals surface area contributed by atoms with E-state index in [1.165, 1.54) is 109 Å². The van der Waals surface area contributed by atoms with E-state index in [4.69, 9.17) is 9.47 Å². The van der Waals surface area contributed by atoms with Crippen LogP contribution in [-0.4, -0.2) is 37.0 Å². The number of allylic oxidation sites excluding steroid dienone is 12.